The number of carbonyl (C=O) groups excluding carboxylic acids is 2. The van der Waals surface area contributed by atoms with E-state index in [4.69, 9.17) is 4.74 Å². The molecule has 1 aromatic heterocycles. The molecule has 0 aliphatic heterocycles. The summed E-state index contributed by atoms with van der Waals surface area (Å²) in [6.07, 6.45) is 1.41. The predicted octanol–water partition coefficient (Wildman–Crippen LogP) is 3.99. The Kier molecular flexibility index (Phi) is 6.48. The normalized spacial score (nSPS) is 11.4. The lowest BCUT2D eigenvalue weighted by atomic mass is 10.1. The van der Waals surface area contributed by atoms with E-state index in [1.807, 2.05) is 0 Å². The molecule has 3 aromatic rings. The van der Waals surface area contributed by atoms with Crippen LogP contribution in [0.5, 0.6) is 0 Å². The zero-order chi connectivity index (χ0) is 21.7. The van der Waals surface area contributed by atoms with Crippen LogP contribution in [-0.4, -0.2) is 26.8 Å². The number of aromatic nitrogens is 2. The molecular weight excluding hydrogens is 456 g/mol. The summed E-state index contributed by atoms with van der Waals surface area (Å²) >= 11 is 3.20. The summed E-state index contributed by atoms with van der Waals surface area (Å²) < 4.78 is 5.73. The highest BCUT2D eigenvalue weighted by Gasteiger charge is 2.27. The molecule has 1 atom stereocenters. The number of nitro benzene ring substituents is 1. The van der Waals surface area contributed by atoms with Gasteiger partial charge in [0.2, 0.25) is 6.10 Å². The number of hydrogen-bond donors (Lipinski definition) is 1. The maximum Gasteiger partial charge on any atom is 0.359 e. The van der Waals surface area contributed by atoms with Crippen LogP contribution in [0, 0.1) is 17.0 Å². The Morgan fingerprint density at radius 2 is 1.87 bits per heavy atom. The fraction of sp³-hybridized carbons (Fsp3) is 0.100. The average molecular weight is 471 g/mol. The van der Waals surface area contributed by atoms with Gasteiger partial charge in [0.15, 0.2) is 5.69 Å². The van der Waals surface area contributed by atoms with Gasteiger partial charge in [0.1, 0.15) is 0 Å². The van der Waals surface area contributed by atoms with Crippen LogP contribution >= 0.6 is 15.9 Å². The Morgan fingerprint density at radius 1 is 1.13 bits per heavy atom. The number of nitrogens with zero attached hydrogens (tertiary/aromatic N) is 3. The summed E-state index contributed by atoms with van der Waals surface area (Å²) in [6, 6.07) is 12.4. The number of nitro groups is 1. The molecule has 0 fully saturated rings. The smallest absolute Gasteiger partial charge is 0.359 e. The summed E-state index contributed by atoms with van der Waals surface area (Å²) in [6.45, 7) is 1.73. The Morgan fingerprint density at radius 3 is 2.47 bits per heavy atom. The van der Waals surface area contributed by atoms with E-state index in [0.29, 0.717) is 15.7 Å². The van der Waals surface area contributed by atoms with Crippen molar-refractivity contribution in [2.75, 3.05) is 5.32 Å². The lowest BCUT2D eigenvalue weighted by Crippen LogP contribution is -2.26. The Bertz CT molecular complexity index is 1090. The molecule has 2 aromatic carbocycles. The van der Waals surface area contributed by atoms with Gasteiger partial charge in [0.05, 0.1) is 22.5 Å². The molecule has 3 rings (SSSR count). The van der Waals surface area contributed by atoms with E-state index >= 15 is 0 Å². The van der Waals surface area contributed by atoms with Gasteiger partial charge in [-0.1, -0.05) is 30.3 Å². The van der Waals surface area contributed by atoms with E-state index in [1.165, 1.54) is 30.6 Å². The number of non-ortho nitro benzene ring substituents is 1. The number of anilines is 1. The monoisotopic (exact) mass is 470 g/mol. The molecule has 10 heteroatoms. The van der Waals surface area contributed by atoms with Crippen LogP contribution in [0.4, 0.5) is 11.4 Å². The van der Waals surface area contributed by atoms with Crippen molar-refractivity contribution in [3.05, 3.63) is 92.5 Å². The van der Waals surface area contributed by atoms with Crippen molar-refractivity contribution in [2.45, 2.75) is 13.0 Å². The molecule has 1 heterocycles. The fourth-order valence-electron chi connectivity index (χ4n) is 2.48. The molecular formula is C20H15BrN4O5. The number of amides is 1. The van der Waals surface area contributed by atoms with Crippen molar-refractivity contribution >= 4 is 39.2 Å². The fourth-order valence-corrected chi connectivity index (χ4v) is 2.95. The van der Waals surface area contributed by atoms with Gasteiger partial charge in [-0.2, -0.15) is 0 Å². The van der Waals surface area contributed by atoms with Crippen LogP contribution in [0.2, 0.25) is 0 Å². The van der Waals surface area contributed by atoms with Gasteiger partial charge in [-0.3, -0.25) is 19.9 Å². The van der Waals surface area contributed by atoms with Gasteiger partial charge in [0, 0.05) is 28.4 Å². The first-order valence-corrected chi connectivity index (χ1v) is 9.44. The van der Waals surface area contributed by atoms with Gasteiger partial charge in [-0.05, 0) is 28.9 Å². The van der Waals surface area contributed by atoms with Gasteiger partial charge in [-0.25, -0.2) is 9.78 Å². The van der Waals surface area contributed by atoms with Gasteiger partial charge >= 0.3 is 5.97 Å². The van der Waals surface area contributed by atoms with Crippen molar-refractivity contribution in [3.8, 4) is 0 Å². The Balaban J connectivity index is 1.85. The van der Waals surface area contributed by atoms with E-state index < -0.39 is 22.9 Å². The minimum atomic E-state index is -1.27. The molecule has 0 radical (unpaired) electrons. The van der Waals surface area contributed by atoms with Gasteiger partial charge < -0.3 is 10.1 Å². The zero-order valence-electron chi connectivity index (χ0n) is 15.6. The van der Waals surface area contributed by atoms with Crippen molar-refractivity contribution in [1.29, 1.82) is 0 Å². The Labute approximate surface area is 179 Å². The van der Waals surface area contributed by atoms with E-state index in [-0.39, 0.29) is 17.1 Å². The molecule has 0 saturated heterocycles. The minimum Gasteiger partial charge on any atom is -0.443 e. The summed E-state index contributed by atoms with van der Waals surface area (Å²) in [4.78, 5) is 43.7. The summed E-state index contributed by atoms with van der Waals surface area (Å²) in [7, 11) is 0. The molecule has 0 bridgehead atoms. The second kappa shape index (κ2) is 9.23. The number of esters is 1. The topological polar surface area (TPSA) is 124 Å². The van der Waals surface area contributed by atoms with E-state index in [0.717, 1.165) is 0 Å². The van der Waals surface area contributed by atoms with Crippen LogP contribution in [-0.2, 0) is 9.53 Å². The first-order valence-electron chi connectivity index (χ1n) is 8.64. The van der Waals surface area contributed by atoms with Crippen LogP contribution in [0.15, 0.2) is 65.4 Å². The third-order valence-corrected chi connectivity index (χ3v) is 4.63. The predicted molar refractivity (Wildman–Crippen MR) is 111 cm³/mol. The maximum atomic E-state index is 12.9. The van der Waals surface area contributed by atoms with Crippen molar-refractivity contribution in [3.63, 3.8) is 0 Å². The molecule has 0 saturated carbocycles. The number of aryl methyl sites for hydroxylation is 1. The number of halogens is 1. The first-order chi connectivity index (χ1) is 14.3. The quantitative estimate of drug-likeness (QED) is 0.327. The molecule has 0 aliphatic carbocycles. The summed E-state index contributed by atoms with van der Waals surface area (Å²) in [5, 5.41) is 13.5. The summed E-state index contributed by atoms with van der Waals surface area (Å²) in [5.41, 5.74) is 1.20. The maximum absolute atomic E-state index is 12.9. The van der Waals surface area contributed by atoms with Crippen molar-refractivity contribution in [2.24, 2.45) is 0 Å². The number of rotatable bonds is 6. The first kappa shape index (κ1) is 21.1. The van der Waals surface area contributed by atoms with E-state index in [2.05, 4.69) is 31.2 Å². The molecule has 30 heavy (non-hydrogen) atoms. The molecule has 0 aliphatic rings. The Hall–Kier alpha value is -3.66. The van der Waals surface area contributed by atoms with Crippen LogP contribution in [0.1, 0.15) is 27.8 Å². The largest absolute Gasteiger partial charge is 0.443 e. The molecule has 0 spiro atoms. The molecule has 1 amide bonds. The molecule has 1 N–H and O–H groups in total. The second-order valence-electron chi connectivity index (χ2n) is 6.15. The highest BCUT2D eigenvalue weighted by Crippen LogP contribution is 2.29. The lowest BCUT2D eigenvalue weighted by molar-refractivity contribution is -0.384. The van der Waals surface area contributed by atoms with Crippen molar-refractivity contribution in [1.82, 2.24) is 9.97 Å². The number of hydrogen-bond acceptors (Lipinski definition) is 7. The molecule has 152 valence electrons. The lowest BCUT2D eigenvalue weighted by Gasteiger charge is -2.18. The summed E-state index contributed by atoms with van der Waals surface area (Å²) in [5.74, 6) is -1.45. The number of carbonyl (C=O) groups is 2. The van der Waals surface area contributed by atoms with Crippen LogP contribution < -0.4 is 5.32 Å². The second-order valence-corrected chi connectivity index (χ2v) is 7.00. The molecule has 1 unspecified atom stereocenters. The third kappa shape index (κ3) is 5.03. The third-order valence-electron chi connectivity index (χ3n) is 3.98. The highest BCUT2D eigenvalue weighted by molar-refractivity contribution is 9.10. The van der Waals surface area contributed by atoms with Crippen LogP contribution in [0.3, 0.4) is 0 Å². The molecule has 9 nitrogen and oxygen atoms in total. The standard InChI is InChI=1S/C20H15BrN4O5/c1-12-10-23-17(11-22-12)20(27)30-18(13-5-3-2-4-6-13)19(26)24-16-8-7-14(25(28)29)9-15(16)21/h2-11,18H,1H3,(H,24,26). The van der Waals surface area contributed by atoms with Gasteiger partial charge in [0.25, 0.3) is 11.6 Å². The highest BCUT2D eigenvalue weighted by atomic mass is 79.9. The SMILES string of the molecule is Cc1cnc(C(=O)OC(C(=O)Nc2ccc([N+](=O)[O-])cc2Br)c2ccccc2)cn1. The van der Waals surface area contributed by atoms with Crippen molar-refractivity contribution < 1.29 is 19.2 Å². The number of nitrogens with one attached hydrogen (secondary N) is 1. The zero-order valence-corrected chi connectivity index (χ0v) is 17.2. The number of ether oxygens (including phenoxy) is 1. The van der Waals surface area contributed by atoms with E-state index in [9.17, 15) is 19.7 Å². The van der Waals surface area contributed by atoms with Gasteiger partial charge in [-0.15, -0.1) is 0 Å². The average Bonchev–Trinajstić information content (AvgIpc) is 2.74. The van der Waals surface area contributed by atoms with E-state index in [1.54, 1.807) is 37.3 Å². The number of benzene rings is 2. The minimum absolute atomic E-state index is 0.0363. The van der Waals surface area contributed by atoms with Crippen LogP contribution in [0.25, 0.3) is 0 Å².